The summed E-state index contributed by atoms with van der Waals surface area (Å²) in [5.41, 5.74) is 2.95. The van der Waals surface area contributed by atoms with Gasteiger partial charge in [0.1, 0.15) is 0 Å². The van der Waals surface area contributed by atoms with E-state index in [1.165, 1.54) is 0 Å². The standard InChI is InChI=1S/C21H19N3O2.ClH/c1-16-8-10-17(11-9-16)21(26)23-19-7-5-6-18(14-19)22-20(25)15-24-12-3-2-4-13-24;/h2-14H,15H2,1H3,(H-,22,23,25,26);1H. The summed E-state index contributed by atoms with van der Waals surface area (Å²) in [5.74, 6) is -0.323. The fourth-order valence-electron chi connectivity index (χ4n) is 2.49. The predicted octanol–water partition coefficient (Wildman–Crippen LogP) is 0.178. The van der Waals surface area contributed by atoms with Crippen LogP contribution in [0.15, 0.2) is 79.1 Å². The molecule has 0 saturated carbocycles. The Bertz CT molecular complexity index is 912. The Morgan fingerprint density at radius 2 is 1.48 bits per heavy atom. The molecule has 6 heteroatoms. The molecular weight excluding hydrogens is 362 g/mol. The van der Waals surface area contributed by atoms with Gasteiger partial charge in [-0.3, -0.25) is 9.59 Å². The quantitative estimate of drug-likeness (QED) is 0.619. The molecule has 2 aromatic carbocycles. The monoisotopic (exact) mass is 381 g/mol. The van der Waals surface area contributed by atoms with E-state index in [0.29, 0.717) is 16.9 Å². The van der Waals surface area contributed by atoms with Gasteiger partial charge in [-0.1, -0.05) is 29.8 Å². The Balaban J connectivity index is 0.00000261. The van der Waals surface area contributed by atoms with Gasteiger partial charge in [-0.25, -0.2) is 0 Å². The molecule has 0 aliphatic rings. The number of nitrogens with zero attached hydrogens (tertiary/aromatic N) is 1. The third-order valence-electron chi connectivity index (χ3n) is 3.82. The number of carbonyl (C=O) groups is 2. The van der Waals surface area contributed by atoms with E-state index in [1.807, 2.05) is 49.6 Å². The molecular formula is C21H20ClN3O2. The molecule has 5 nitrogen and oxygen atoms in total. The molecule has 27 heavy (non-hydrogen) atoms. The first-order valence-electron chi connectivity index (χ1n) is 8.32. The number of benzene rings is 2. The van der Waals surface area contributed by atoms with Crippen LogP contribution in [0.5, 0.6) is 0 Å². The molecule has 1 heterocycles. The highest BCUT2D eigenvalue weighted by atomic mass is 35.5. The second-order valence-corrected chi connectivity index (χ2v) is 6.00. The fourth-order valence-corrected chi connectivity index (χ4v) is 2.49. The Kier molecular flexibility index (Phi) is 7.08. The molecule has 0 saturated heterocycles. The Labute approximate surface area is 164 Å². The maximum atomic E-state index is 12.3. The molecule has 0 aliphatic heterocycles. The lowest BCUT2D eigenvalue weighted by molar-refractivity contribution is -0.684. The van der Waals surface area contributed by atoms with Crippen molar-refractivity contribution in [2.24, 2.45) is 0 Å². The van der Waals surface area contributed by atoms with Crippen LogP contribution in [-0.4, -0.2) is 11.8 Å². The largest absolute Gasteiger partial charge is 1.00 e. The van der Waals surface area contributed by atoms with Crippen molar-refractivity contribution in [2.75, 3.05) is 10.6 Å². The number of nitrogens with one attached hydrogen (secondary N) is 2. The number of halogens is 1. The summed E-state index contributed by atoms with van der Waals surface area (Å²) in [5, 5.41) is 5.69. The summed E-state index contributed by atoms with van der Waals surface area (Å²) in [6, 6.07) is 20.1. The highest BCUT2D eigenvalue weighted by Crippen LogP contribution is 2.16. The van der Waals surface area contributed by atoms with Crippen molar-refractivity contribution in [2.45, 2.75) is 13.5 Å². The highest BCUT2D eigenvalue weighted by molar-refractivity contribution is 6.04. The van der Waals surface area contributed by atoms with Crippen molar-refractivity contribution in [1.29, 1.82) is 0 Å². The third kappa shape index (κ3) is 5.94. The maximum Gasteiger partial charge on any atom is 0.290 e. The zero-order valence-electron chi connectivity index (χ0n) is 14.9. The van der Waals surface area contributed by atoms with Crippen LogP contribution in [0.1, 0.15) is 15.9 Å². The fraction of sp³-hybridized carbons (Fsp3) is 0.0952. The Morgan fingerprint density at radius 3 is 2.15 bits per heavy atom. The molecule has 2 N–H and O–H groups in total. The lowest BCUT2D eigenvalue weighted by atomic mass is 10.1. The second-order valence-electron chi connectivity index (χ2n) is 6.00. The zero-order chi connectivity index (χ0) is 18.4. The molecule has 0 spiro atoms. The first kappa shape index (κ1) is 20.1. The highest BCUT2D eigenvalue weighted by Gasteiger charge is 2.10. The summed E-state index contributed by atoms with van der Waals surface area (Å²) in [6.07, 6.45) is 3.66. The SMILES string of the molecule is Cc1ccc(C(=O)Nc2cccc(NC(=O)C[n+]3ccccc3)c2)cc1.[Cl-]. The number of rotatable bonds is 5. The average Bonchev–Trinajstić information content (AvgIpc) is 2.63. The van der Waals surface area contributed by atoms with Crippen LogP contribution in [0.2, 0.25) is 0 Å². The van der Waals surface area contributed by atoms with Crippen LogP contribution in [0.3, 0.4) is 0 Å². The maximum absolute atomic E-state index is 12.3. The van der Waals surface area contributed by atoms with E-state index in [4.69, 9.17) is 0 Å². The van der Waals surface area contributed by atoms with Gasteiger partial charge in [0.2, 0.25) is 6.54 Å². The number of hydrogen-bond donors (Lipinski definition) is 2. The minimum absolute atomic E-state index is 0. The normalized spacial score (nSPS) is 9.81. The van der Waals surface area contributed by atoms with Gasteiger partial charge in [-0.2, -0.15) is 4.57 Å². The van der Waals surface area contributed by atoms with Crippen LogP contribution >= 0.6 is 0 Å². The first-order valence-corrected chi connectivity index (χ1v) is 8.32. The van der Waals surface area contributed by atoms with E-state index < -0.39 is 0 Å². The summed E-state index contributed by atoms with van der Waals surface area (Å²) >= 11 is 0. The summed E-state index contributed by atoms with van der Waals surface area (Å²) in [6.45, 7) is 2.20. The van der Waals surface area contributed by atoms with Crippen molar-refractivity contribution >= 4 is 23.2 Å². The van der Waals surface area contributed by atoms with Gasteiger partial charge in [0.05, 0.1) is 0 Å². The van der Waals surface area contributed by atoms with Crippen LogP contribution < -0.4 is 27.6 Å². The molecule has 3 rings (SSSR count). The number of pyridine rings is 1. The third-order valence-corrected chi connectivity index (χ3v) is 3.82. The molecule has 0 atom stereocenters. The summed E-state index contributed by atoms with van der Waals surface area (Å²) in [7, 11) is 0. The van der Waals surface area contributed by atoms with Crippen molar-refractivity contribution in [1.82, 2.24) is 0 Å². The van der Waals surface area contributed by atoms with E-state index >= 15 is 0 Å². The van der Waals surface area contributed by atoms with Crippen molar-refractivity contribution in [3.63, 3.8) is 0 Å². The first-order chi connectivity index (χ1) is 12.6. The molecule has 138 valence electrons. The van der Waals surface area contributed by atoms with E-state index in [9.17, 15) is 9.59 Å². The molecule has 0 bridgehead atoms. The smallest absolute Gasteiger partial charge is 0.290 e. The van der Waals surface area contributed by atoms with E-state index in [2.05, 4.69) is 10.6 Å². The minimum Gasteiger partial charge on any atom is -1.00 e. The zero-order valence-corrected chi connectivity index (χ0v) is 15.6. The molecule has 2 amide bonds. The van der Waals surface area contributed by atoms with Crippen molar-refractivity contribution in [3.8, 4) is 0 Å². The lowest BCUT2D eigenvalue weighted by Crippen LogP contribution is -3.00. The van der Waals surface area contributed by atoms with Crippen molar-refractivity contribution < 1.29 is 26.6 Å². The van der Waals surface area contributed by atoms with Gasteiger partial charge in [-0.05, 0) is 37.3 Å². The minimum atomic E-state index is -0.187. The second kappa shape index (κ2) is 9.50. The molecule has 3 aromatic rings. The molecule has 0 fully saturated rings. The van der Waals surface area contributed by atoms with Gasteiger partial charge in [0.25, 0.3) is 11.8 Å². The van der Waals surface area contributed by atoms with E-state index in [-0.39, 0.29) is 30.8 Å². The summed E-state index contributed by atoms with van der Waals surface area (Å²) < 4.78 is 1.79. The average molecular weight is 382 g/mol. The Morgan fingerprint density at radius 1 is 0.852 bits per heavy atom. The van der Waals surface area contributed by atoms with Crippen LogP contribution in [0, 0.1) is 6.92 Å². The van der Waals surface area contributed by atoms with Crippen LogP contribution in [0.25, 0.3) is 0 Å². The van der Waals surface area contributed by atoms with Crippen LogP contribution in [0.4, 0.5) is 11.4 Å². The van der Waals surface area contributed by atoms with Gasteiger partial charge in [0.15, 0.2) is 12.4 Å². The van der Waals surface area contributed by atoms with Crippen LogP contribution in [-0.2, 0) is 11.3 Å². The number of carbonyl (C=O) groups excluding carboxylic acids is 2. The molecule has 0 unspecified atom stereocenters. The number of anilines is 2. The Hall–Kier alpha value is -3.18. The topological polar surface area (TPSA) is 62.1 Å². The van der Waals surface area contributed by atoms with Crippen molar-refractivity contribution in [3.05, 3.63) is 90.3 Å². The predicted molar refractivity (Wildman–Crippen MR) is 101 cm³/mol. The molecule has 0 aliphatic carbocycles. The van der Waals surface area contributed by atoms with E-state index in [0.717, 1.165) is 5.56 Å². The number of amides is 2. The van der Waals surface area contributed by atoms with Gasteiger partial charge in [-0.15, -0.1) is 0 Å². The van der Waals surface area contributed by atoms with Gasteiger partial charge < -0.3 is 23.0 Å². The number of aromatic nitrogens is 1. The van der Waals surface area contributed by atoms with Gasteiger partial charge in [0, 0.05) is 29.1 Å². The molecule has 1 aromatic heterocycles. The number of aryl methyl sites for hydroxylation is 1. The lowest BCUT2D eigenvalue weighted by Gasteiger charge is -2.08. The van der Waals surface area contributed by atoms with E-state index in [1.54, 1.807) is 41.0 Å². The molecule has 0 radical (unpaired) electrons. The summed E-state index contributed by atoms with van der Waals surface area (Å²) in [4.78, 5) is 24.4. The van der Waals surface area contributed by atoms with Gasteiger partial charge >= 0.3 is 0 Å². The number of hydrogen-bond acceptors (Lipinski definition) is 2.